The summed E-state index contributed by atoms with van der Waals surface area (Å²) in [7, 11) is -1.44. The van der Waals surface area contributed by atoms with Crippen LogP contribution in [0.15, 0.2) is 73.1 Å². The van der Waals surface area contributed by atoms with Gasteiger partial charge in [0.2, 0.25) is 55.4 Å². The first-order valence-electron chi connectivity index (χ1n) is 40.9. The summed E-state index contributed by atoms with van der Waals surface area (Å²) in [6, 6.07) is 8.79. The second-order valence-corrected chi connectivity index (χ2v) is 39.3. The maximum Gasteiger partial charge on any atom is 0.307 e. The van der Waals surface area contributed by atoms with Crippen molar-refractivity contribution >= 4 is 88.7 Å². The highest BCUT2D eigenvalue weighted by Crippen LogP contribution is 2.59. The molecule has 0 radical (unpaired) electrons. The van der Waals surface area contributed by atoms with Crippen LogP contribution in [0.1, 0.15) is 185 Å². The zero-order chi connectivity index (χ0) is 84.0. The summed E-state index contributed by atoms with van der Waals surface area (Å²) < 4.78 is 114. The molecule has 2 saturated heterocycles. The van der Waals surface area contributed by atoms with E-state index in [-0.39, 0.29) is 122 Å². The van der Waals surface area contributed by atoms with Crippen molar-refractivity contribution in [2.24, 2.45) is 58.2 Å². The Balaban J connectivity index is 0.000000228. The summed E-state index contributed by atoms with van der Waals surface area (Å²) in [5, 5.41) is 1.40. The molecule has 2 N–H and O–H groups in total. The van der Waals surface area contributed by atoms with Crippen LogP contribution in [0.25, 0.3) is 21.5 Å². The SMILES string of the molecule is COCCOc1cnc(O[C@@H]2C[C@H]3C(=O)C[C@]4(C(=O)NS(=O)(=O)C5CC5)C[C@H]4/C=C\CC[C@@H](C)C[C@@H](C)[C@H](CC(=O)OC(C)(C)C)C(=O)N3C2)c2ccc(OC)cc12.COCCOc1cnc(O[C@@H]2C[C@H]3C(=O)C[C@]4(C(=O)NS(=O)(=O)C5CC5)C[C@H]4/C=C\CC[C@H](C)C[C@@H](C)[C@H](CC(=O)OC(C)(C)C)C(=O)N3C2)c2ccc(OC)cc12. The Morgan fingerprint density at radius 3 is 1.24 bits per heavy atom. The number of methoxy groups -OCH3 is 4. The lowest BCUT2D eigenvalue weighted by Gasteiger charge is -2.32. The number of rotatable bonds is 24. The van der Waals surface area contributed by atoms with Crippen LogP contribution in [0, 0.1) is 58.2 Å². The summed E-state index contributed by atoms with van der Waals surface area (Å²) in [6.45, 7) is 20.2. The van der Waals surface area contributed by atoms with Crippen LogP contribution in [0.2, 0.25) is 0 Å². The number of amides is 4. The van der Waals surface area contributed by atoms with Crippen LogP contribution in [-0.2, 0) is 77.4 Å². The lowest BCUT2D eigenvalue weighted by molar-refractivity contribution is -0.160. The molecule has 4 aliphatic carbocycles. The summed E-state index contributed by atoms with van der Waals surface area (Å²) in [6.07, 6.45) is 15.9. The number of pyridine rings is 2. The van der Waals surface area contributed by atoms with Crippen molar-refractivity contribution in [1.82, 2.24) is 29.2 Å². The van der Waals surface area contributed by atoms with Gasteiger partial charge in [0.15, 0.2) is 11.6 Å². The number of carbonyl (C=O) groups is 8. The predicted octanol–water partition coefficient (Wildman–Crippen LogP) is 11.1. The first kappa shape index (κ1) is 88.3. The fourth-order valence-corrected chi connectivity index (χ4v) is 19.7. The normalized spacial score (nSPS) is 28.7. The van der Waals surface area contributed by atoms with Gasteiger partial charge in [0.25, 0.3) is 0 Å². The fourth-order valence-electron chi connectivity index (χ4n) is 16.9. The molecule has 6 heterocycles. The number of ketones is 2. The van der Waals surface area contributed by atoms with Crippen LogP contribution in [0.5, 0.6) is 34.8 Å². The highest BCUT2D eigenvalue weighted by Gasteiger charge is 2.64. The Labute approximate surface area is 681 Å². The number of fused-ring (bicyclic) bond motifs is 6. The van der Waals surface area contributed by atoms with Gasteiger partial charge in [-0.3, -0.25) is 47.8 Å². The molecule has 116 heavy (non-hydrogen) atoms. The van der Waals surface area contributed by atoms with Gasteiger partial charge in [-0.25, -0.2) is 26.8 Å². The van der Waals surface area contributed by atoms with Gasteiger partial charge in [0.05, 0.1) is 111 Å². The standard InChI is InChI=1S/2C43H59N3O11S/c2*1-26-10-8-9-11-28-22-43(28,41(50)45-58(51,52)31-13-14-31)23-36(47)35-20-30(25-46(35)40(49)33(27(2)18-26)21-38(48)57-42(3,4)5)56-39-32-15-12-29(54-7)19-34(32)37(24-44-39)55-17-16-53-6/h2*9,11-12,15,19,24,26-28,30-31,33,35H,8,10,13-14,16-18,20-23,25H2,1-7H3,(H,45,50)/b2*11-9-/t26-,27+,28+,30+,33-,35-,43+;26-,27-,28-,30-,33+,35+,43-/m01/s1. The third kappa shape index (κ3) is 21.9. The summed E-state index contributed by atoms with van der Waals surface area (Å²) >= 11 is 0. The van der Waals surface area contributed by atoms with Gasteiger partial charge in [0, 0.05) is 61.4 Å². The van der Waals surface area contributed by atoms with E-state index in [2.05, 4.69) is 33.3 Å². The largest absolute Gasteiger partial charge is 0.497 e. The number of Topliss-reactive ketones (excluding diaryl/α,β-unsaturated/α-hetero) is 2. The van der Waals surface area contributed by atoms with E-state index in [9.17, 15) is 55.2 Å². The molecule has 2 aromatic carbocycles. The molecule has 0 unspecified atom stereocenters. The van der Waals surface area contributed by atoms with Gasteiger partial charge in [-0.2, -0.15) is 0 Å². The highest BCUT2D eigenvalue weighted by molar-refractivity contribution is 7.91. The number of allylic oxidation sites excluding steroid dienone is 4. The number of esters is 2. The highest BCUT2D eigenvalue weighted by atomic mass is 32.2. The van der Waals surface area contributed by atoms with Crippen molar-refractivity contribution in [3.05, 3.63) is 73.1 Å². The van der Waals surface area contributed by atoms with Crippen LogP contribution < -0.4 is 37.9 Å². The number of nitrogens with zero attached hydrogens (tertiary/aromatic N) is 4. The summed E-state index contributed by atoms with van der Waals surface area (Å²) in [4.78, 5) is 126. The number of benzene rings is 2. The minimum Gasteiger partial charge on any atom is -0.497 e. The maximum atomic E-state index is 14.9. The monoisotopic (exact) mass is 1650 g/mol. The van der Waals surface area contributed by atoms with Crippen LogP contribution >= 0.6 is 0 Å². The average molecular weight is 1650 g/mol. The van der Waals surface area contributed by atoms with Gasteiger partial charge < -0.3 is 57.2 Å². The number of nitrogens with one attached hydrogen (secondary N) is 2. The predicted molar refractivity (Wildman–Crippen MR) is 431 cm³/mol. The van der Waals surface area contributed by atoms with Crippen molar-refractivity contribution in [2.45, 2.75) is 231 Å². The average Bonchev–Trinajstić information content (AvgIpc) is 1.57. The maximum absolute atomic E-state index is 14.9. The van der Waals surface area contributed by atoms with Crippen LogP contribution in [-0.4, -0.2) is 198 Å². The number of aromatic nitrogens is 2. The second-order valence-electron chi connectivity index (χ2n) is 35.3. The second kappa shape index (κ2) is 36.8. The molecule has 0 bridgehead atoms. The van der Waals surface area contributed by atoms with E-state index in [1.807, 2.05) is 62.4 Å². The molecule has 636 valence electrons. The minimum atomic E-state index is -3.87. The van der Waals surface area contributed by atoms with E-state index in [1.54, 1.807) is 94.5 Å². The molecular formula is C86H118N6O22S2. The van der Waals surface area contributed by atoms with Gasteiger partial charge in [-0.05, 0) is 190 Å². The molecule has 2 aromatic heterocycles. The van der Waals surface area contributed by atoms with Gasteiger partial charge >= 0.3 is 11.9 Å². The molecule has 30 heteroatoms. The topological polar surface area (TPSA) is 353 Å². The van der Waals surface area contributed by atoms with Gasteiger partial charge in [-0.15, -0.1) is 0 Å². The fraction of sp³-hybridized carbons (Fsp3) is 0.651. The molecule has 4 aliphatic heterocycles. The lowest BCUT2D eigenvalue weighted by Crippen LogP contribution is -2.47. The zero-order valence-electron chi connectivity index (χ0n) is 69.6. The molecule has 4 amide bonds. The molecule has 8 aliphatic rings. The lowest BCUT2D eigenvalue weighted by atomic mass is 9.82. The third-order valence-corrected chi connectivity index (χ3v) is 27.3. The van der Waals surface area contributed by atoms with Crippen molar-refractivity contribution in [1.29, 1.82) is 0 Å². The number of hydrogen-bond acceptors (Lipinski definition) is 24. The van der Waals surface area contributed by atoms with E-state index in [0.29, 0.717) is 135 Å². The Morgan fingerprint density at radius 1 is 0.517 bits per heavy atom. The quantitative estimate of drug-likeness (QED) is 0.0374. The van der Waals surface area contributed by atoms with Gasteiger partial charge in [-0.1, -0.05) is 52.0 Å². The molecule has 4 saturated carbocycles. The molecule has 6 fully saturated rings. The number of ether oxygens (including phenoxy) is 10. The third-order valence-electron chi connectivity index (χ3n) is 23.6. The molecular weight excluding hydrogens is 1530 g/mol. The molecule has 28 nitrogen and oxygen atoms in total. The van der Waals surface area contributed by atoms with Crippen LogP contribution in [0.4, 0.5) is 0 Å². The number of sulfonamides is 2. The smallest absolute Gasteiger partial charge is 0.307 e. The summed E-state index contributed by atoms with van der Waals surface area (Å²) in [5.41, 5.74) is -4.07. The summed E-state index contributed by atoms with van der Waals surface area (Å²) in [5.74, 6) is -3.45. The molecule has 4 aromatic rings. The Bertz CT molecular complexity index is 4300. The first-order chi connectivity index (χ1) is 54.9. The van der Waals surface area contributed by atoms with E-state index < -0.39 is 112 Å². The van der Waals surface area contributed by atoms with E-state index in [1.165, 1.54) is 9.80 Å². The van der Waals surface area contributed by atoms with Crippen molar-refractivity contribution in [3.8, 4) is 34.8 Å². The Hall–Kier alpha value is -8.48. The van der Waals surface area contributed by atoms with Crippen molar-refractivity contribution < 1.29 is 103 Å². The minimum absolute atomic E-state index is 0.0202. The number of carbonyl (C=O) groups excluding carboxylic acids is 8. The number of hydrogen-bond donors (Lipinski definition) is 2. The Morgan fingerprint density at radius 2 is 0.897 bits per heavy atom. The first-order valence-corrected chi connectivity index (χ1v) is 44.0. The molecule has 0 spiro atoms. The Kier molecular flexibility index (Phi) is 28.0. The van der Waals surface area contributed by atoms with E-state index in [4.69, 9.17) is 47.4 Å². The van der Waals surface area contributed by atoms with E-state index in [0.717, 1.165) is 12.8 Å². The van der Waals surface area contributed by atoms with E-state index >= 15 is 0 Å². The van der Waals surface area contributed by atoms with Crippen LogP contribution in [0.3, 0.4) is 0 Å². The van der Waals surface area contributed by atoms with Gasteiger partial charge in [0.1, 0.15) is 59.6 Å². The molecule has 12 rings (SSSR count). The van der Waals surface area contributed by atoms with Crippen molar-refractivity contribution in [3.63, 3.8) is 0 Å². The zero-order valence-corrected chi connectivity index (χ0v) is 71.2. The van der Waals surface area contributed by atoms with Crippen molar-refractivity contribution in [2.75, 3.05) is 68.0 Å². The molecule has 14 atom stereocenters.